The van der Waals surface area contributed by atoms with E-state index in [1.807, 2.05) is 0 Å². The number of hydrogen-bond donors (Lipinski definition) is 1. The van der Waals surface area contributed by atoms with Crippen LogP contribution in [-0.4, -0.2) is 58.4 Å². The van der Waals surface area contributed by atoms with Crippen LogP contribution in [-0.2, 0) is 4.79 Å². The number of aromatic amines is 1. The lowest BCUT2D eigenvalue weighted by Gasteiger charge is -2.41. The molecule has 0 aromatic carbocycles. The number of likely N-dealkylation sites (tertiary alicyclic amines) is 1. The molecule has 3 rings (SSSR count). The van der Waals surface area contributed by atoms with Crippen molar-refractivity contribution in [1.82, 2.24) is 19.9 Å². The van der Waals surface area contributed by atoms with Crippen LogP contribution in [0.5, 0.6) is 0 Å². The summed E-state index contributed by atoms with van der Waals surface area (Å²) in [5.74, 6) is -2.80. The number of fused-ring (bicyclic) bond motifs is 1. The van der Waals surface area contributed by atoms with E-state index in [1.54, 1.807) is 0 Å². The Hall–Kier alpha value is -2.62. The van der Waals surface area contributed by atoms with Crippen molar-refractivity contribution in [3.63, 3.8) is 0 Å². The van der Waals surface area contributed by atoms with Gasteiger partial charge in [0.25, 0.3) is 6.54 Å². The topological polar surface area (TPSA) is 69.5 Å². The average Bonchev–Trinajstić information content (AvgIpc) is 2.99. The van der Waals surface area contributed by atoms with Crippen LogP contribution in [0.4, 0.5) is 5.82 Å². The van der Waals surface area contributed by atoms with Gasteiger partial charge >= 0.3 is 5.91 Å². The smallest absolute Gasteiger partial charge is 0.302 e. The molecule has 7 nitrogen and oxygen atoms in total. The Morgan fingerprint density at radius 1 is 1.74 bits per heavy atom. The molecule has 0 spiro atoms. The molecule has 1 aliphatic rings. The molecule has 1 fully saturated rings. The molecule has 0 radical (unpaired) electrons. The van der Waals surface area contributed by atoms with Crippen molar-refractivity contribution >= 4 is 22.8 Å². The second-order valence-electron chi connectivity index (χ2n) is 5.00. The molecule has 1 N–H and O–H groups in total. The molecule has 2 aromatic heterocycles. The van der Waals surface area contributed by atoms with Crippen molar-refractivity contribution in [3.8, 4) is 0 Å². The highest BCUT2D eigenvalue weighted by atomic mass is 16.2. The summed E-state index contributed by atoms with van der Waals surface area (Å²) >= 11 is 0. The van der Waals surface area contributed by atoms with Crippen molar-refractivity contribution in [2.24, 2.45) is 5.92 Å². The Morgan fingerprint density at radius 3 is 3.39 bits per heavy atom. The molecule has 0 bridgehead atoms. The van der Waals surface area contributed by atoms with E-state index in [0.29, 0.717) is 4.90 Å². The van der Waals surface area contributed by atoms with Gasteiger partial charge in [0.2, 0.25) is 0 Å². The van der Waals surface area contributed by atoms with Gasteiger partial charge in [-0.3, -0.25) is 4.79 Å². The fourth-order valence-corrected chi connectivity index (χ4v) is 2.37. The van der Waals surface area contributed by atoms with Crippen molar-refractivity contribution in [2.75, 3.05) is 31.5 Å². The lowest BCUT2D eigenvalue weighted by atomic mass is 9.92. The number of carbonyl (C=O) groups is 1. The van der Waals surface area contributed by atoms with E-state index in [4.69, 9.17) is 18.9 Å². The number of hydrogen-bond acceptors (Lipinski definition) is 4. The van der Waals surface area contributed by atoms with E-state index in [2.05, 4.69) is 19.8 Å². The highest BCUT2D eigenvalue weighted by molar-refractivity contribution is 5.87. The van der Waals surface area contributed by atoms with Crippen LogP contribution in [0.2, 0.25) is 0 Å². The summed E-state index contributed by atoms with van der Waals surface area (Å²) in [5, 5.41) is 0.121. The third kappa shape index (κ3) is 2.84. The minimum absolute atomic E-state index is 0.0695. The molecule has 2 atom stereocenters. The Morgan fingerprint density at radius 2 is 2.61 bits per heavy atom. The number of likely N-dealkylation sites (N-methyl/N-ethyl adjacent to an activating group) is 1. The summed E-state index contributed by atoms with van der Waals surface area (Å²) in [7, 11) is 1.31. The number of amides is 1. The molecule has 0 aliphatic carbocycles. The van der Waals surface area contributed by atoms with Crippen LogP contribution in [0.1, 0.15) is 25.6 Å². The van der Waals surface area contributed by atoms with E-state index < -0.39 is 57.0 Å². The fourth-order valence-electron chi connectivity index (χ4n) is 2.37. The molecule has 120 valence electrons. The van der Waals surface area contributed by atoms with E-state index in [0.717, 1.165) is 4.90 Å². The first-order valence-electron chi connectivity index (χ1n) is 11.3. The van der Waals surface area contributed by atoms with E-state index in [-0.39, 0.29) is 22.9 Å². The van der Waals surface area contributed by atoms with E-state index in [1.165, 1.54) is 13.2 Å². The van der Waals surface area contributed by atoms with Gasteiger partial charge < -0.3 is 19.6 Å². The van der Waals surface area contributed by atoms with Crippen molar-refractivity contribution in [2.45, 2.75) is 19.3 Å². The van der Waals surface area contributed by atoms with Gasteiger partial charge in [-0.15, -0.1) is 0 Å². The first-order valence-corrected chi connectivity index (χ1v) is 6.84. The van der Waals surface area contributed by atoms with Crippen LogP contribution in [0.25, 0.3) is 15.9 Å². The largest absolute Gasteiger partial charge is 0.354 e. The molecular weight excluding hydrogens is 292 g/mol. The molecular formula is C16H20N6O. The average molecular weight is 321 g/mol. The zero-order valence-corrected chi connectivity index (χ0v) is 12.3. The van der Waals surface area contributed by atoms with Gasteiger partial charge in [0.15, 0.2) is 0 Å². The number of nitrogens with zero attached hydrogens (tertiary/aromatic N) is 5. The SMILES string of the molecule is [2H]c1nc(N(C)[C@@H]2[C@H](C([2H])([2H])[2H])CC([2H])([2H])N(C(=O)C[N+]#[C-])C2([2H])[2H])c2c([2H])c[nH]c2n1. The Bertz CT molecular complexity index is 1090. The summed E-state index contributed by atoms with van der Waals surface area (Å²) in [6, 6.07) is -1.71. The maximum atomic E-state index is 12.6. The lowest BCUT2D eigenvalue weighted by molar-refractivity contribution is -0.130. The number of rotatable bonds is 3. The first kappa shape index (κ1) is 7.77. The van der Waals surface area contributed by atoms with Gasteiger partial charge in [-0.05, 0) is 18.4 Å². The maximum Gasteiger partial charge on any atom is 0.302 e. The van der Waals surface area contributed by atoms with E-state index in [9.17, 15) is 4.79 Å². The molecule has 23 heavy (non-hydrogen) atoms. The van der Waals surface area contributed by atoms with Crippen molar-refractivity contribution in [3.05, 3.63) is 30.0 Å². The summed E-state index contributed by atoms with van der Waals surface area (Å²) in [4.78, 5) is 27.4. The molecule has 2 aromatic rings. The monoisotopic (exact) mass is 321 g/mol. The van der Waals surface area contributed by atoms with Crippen LogP contribution < -0.4 is 4.90 Å². The van der Waals surface area contributed by atoms with Crippen LogP contribution in [0, 0.1) is 12.5 Å². The number of H-pyrrole nitrogens is 1. The zero-order valence-electron chi connectivity index (χ0n) is 21.3. The molecule has 1 aliphatic heterocycles. The number of piperidine rings is 1. The third-order valence-corrected chi connectivity index (χ3v) is 3.53. The fraction of sp³-hybridized carbons (Fsp3) is 0.500. The van der Waals surface area contributed by atoms with Crippen molar-refractivity contribution in [1.29, 1.82) is 0 Å². The molecule has 0 saturated carbocycles. The highest BCUT2D eigenvalue weighted by Crippen LogP contribution is 2.28. The molecule has 1 amide bonds. The van der Waals surface area contributed by atoms with Gasteiger partial charge in [-0.25, -0.2) is 16.5 Å². The third-order valence-electron chi connectivity index (χ3n) is 3.53. The number of anilines is 1. The maximum absolute atomic E-state index is 12.6. The van der Waals surface area contributed by atoms with Gasteiger partial charge in [0.1, 0.15) is 19.1 Å². The summed E-state index contributed by atoms with van der Waals surface area (Å²) in [6.45, 7) is -2.26. The lowest BCUT2D eigenvalue weighted by Crippen LogP contribution is -2.53. The van der Waals surface area contributed by atoms with Gasteiger partial charge in [0.05, 0.1) is 15.5 Å². The summed E-state index contributed by atoms with van der Waals surface area (Å²) < 4.78 is 73.6. The second-order valence-corrected chi connectivity index (χ2v) is 5.00. The van der Waals surface area contributed by atoms with Crippen molar-refractivity contribution < 1.29 is 17.1 Å². The molecule has 0 unspecified atom stereocenters. The Balaban J connectivity index is 2.24. The van der Waals surface area contributed by atoms with Gasteiger partial charge in [0, 0.05) is 33.1 Å². The number of aromatic nitrogens is 3. The Labute approximate surface area is 147 Å². The Kier molecular flexibility index (Phi) is 2.11. The van der Waals surface area contributed by atoms with Crippen LogP contribution in [0.3, 0.4) is 0 Å². The number of carbonyl (C=O) groups excluding carboxylic acids is 1. The zero-order chi connectivity index (χ0) is 24.2. The van der Waals surface area contributed by atoms with Gasteiger partial charge in [-0.2, -0.15) is 0 Å². The normalized spacial score (nSPS) is 31.8. The molecule has 1 saturated heterocycles. The minimum atomic E-state index is -2.88. The first-order chi connectivity index (χ1) is 14.6. The summed E-state index contributed by atoms with van der Waals surface area (Å²) in [5.41, 5.74) is 0.120. The number of nitrogens with one attached hydrogen (secondary N) is 1. The van der Waals surface area contributed by atoms with E-state index >= 15 is 0 Å². The quantitative estimate of drug-likeness (QED) is 0.871. The van der Waals surface area contributed by atoms with Crippen LogP contribution >= 0.6 is 0 Å². The van der Waals surface area contributed by atoms with Gasteiger partial charge in [-0.1, -0.05) is 6.85 Å². The summed E-state index contributed by atoms with van der Waals surface area (Å²) in [6.07, 6.45) is 0.112. The molecule has 3 heterocycles. The standard InChI is InChI=1S/C16H20N6O/c1-11-5-7-22(14(23)8-17-2)9-13(11)21(3)16-12-4-6-18-15(12)19-10-20-16/h4,6,10-11,13H,5,7-9H2,1,3H3,(H,18,19,20)/t11-,13+/m1/s1/i1D3,4D,7D2,9D2,10D. The van der Waals surface area contributed by atoms with Crippen LogP contribution in [0.15, 0.2) is 18.5 Å². The predicted molar refractivity (Wildman–Crippen MR) is 87.9 cm³/mol. The predicted octanol–water partition coefficient (Wildman–Crippen LogP) is 1.55. The second kappa shape index (κ2) is 6.24. The minimum Gasteiger partial charge on any atom is -0.354 e. The highest BCUT2D eigenvalue weighted by Gasteiger charge is 2.33. The molecule has 7 heteroatoms.